The van der Waals surface area contributed by atoms with Crippen molar-refractivity contribution in [3.8, 4) is 11.5 Å². The molecule has 6 nitrogen and oxygen atoms in total. The number of H-pyrrole nitrogens is 1. The fourth-order valence-corrected chi connectivity index (χ4v) is 2.94. The van der Waals surface area contributed by atoms with Gasteiger partial charge in [-0.25, -0.2) is 4.98 Å². The first-order valence-corrected chi connectivity index (χ1v) is 7.72. The van der Waals surface area contributed by atoms with E-state index in [1.165, 1.54) is 25.6 Å². The van der Waals surface area contributed by atoms with Crippen molar-refractivity contribution in [3.63, 3.8) is 0 Å². The second-order valence-corrected chi connectivity index (χ2v) is 5.76. The summed E-state index contributed by atoms with van der Waals surface area (Å²) >= 11 is 1.36. The highest BCUT2D eigenvalue weighted by molar-refractivity contribution is 7.12. The molecule has 0 aliphatic heterocycles. The van der Waals surface area contributed by atoms with Crippen LogP contribution in [0.25, 0.3) is 10.9 Å². The van der Waals surface area contributed by atoms with Crippen LogP contribution in [-0.2, 0) is 6.42 Å². The van der Waals surface area contributed by atoms with Gasteiger partial charge in [-0.2, -0.15) is 0 Å². The Morgan fingerprint density at radius 3 is 2.65 bits per heavy atom. The molecular weight excluding hydrogens is 316 g/mol. The van der Waals surface area contributed by atoms with E-state index in [9.17, 15) is 9.59 Å². The Labute approximate surface area is 135 Å². The summed E-state index contributed by atoms with van der Waals surface area (Å²) in [5.41, 5.74) is 0.144. The van der Waals surface area contributed by atoms with Gasteiger partial charge in [-0.05, 0) is 17.5 Å². The number of benzene rings is 1. The molecule has 1 N–H and O–H groups in total. The normalized spacial score (nSPS) is 10.7. The van der Waals surface area contributed by atoms with Crippen LogP contribution < -0.4 is 15.0 Å². The number of fused-ring (bicyclic) bond motifs is 1. The van der Waals surface area contributed by atoms with Gasteiger partial charge in [0.1, 0.15) is 5.82 Å². The van der Waals surface area contributed by atoms with E-state index < -0.39 is 0 Å². The SMILES string of the molecule is COc1cc2nc(CC(=O)c3cccs3)[nH]c(=O)c2cc1OC. The first-order chi connectivity index (χ1) is 11.1. The number of aromatic nitrogens is 2. The molecule has 3 rings (SSSR count). The molecule has 0 aliphatic rings. The third kappa shape index (κ3) is 2.95. The molecular formula is C16H14N2O4S. The lowest BCUT2D eigenvalue weighted by atomic mass is 10.2. The number of nitrogens with one attached hydrogen (secondary N) is 1. The number of methoxy groups -OCH3 is 2. The van der Waals surface area contributed by atoms with Crippen molar-refractivity contribution in [3.05, 3.63) is 50.7 Å². The monoisotopic (exact) mass is 330 g/mol. The minimum absolute atomic E-state index is 0.0417. The average molecular weight is 330 g/mol. The van der Waals surface area contributed by atoms with Gasteiger partial charge in [0.2, 0.25) is 0 Å². The first kappa shape index (κ1) is 15.2. The van der Waals surface area contributed by atoms with E-state index >= 15 is 0 Å². The zero-order valence-electron chi connectivity index (χ0n) is 12.6. The maximum atomic E-state index is 12.2. The average Bonchev–Trinajstić information content (AvgIpc) is 3.08. The van der Waals surface area contributed by atoms with Gasteiger partial charge in [0.05, 0.1) is 36.4 Å². The van der Waals surface area contributed by atoms with E-state index in [4.69, 9.17) is 9.47 Å². The maximum absolute atomic E-state index is 12.2. The fourth-order valence-electron chi connectivity index (χ4n) is 2.27. The third-order valence-electron chi connectivity index (χ3n) is 3.38. The molecule has 7 heteroatoms. The number of thiophene rings is 1. The number of rotatable bonds is 5. The molecule has 0 unspecified atom stereocenters. The molecule has 0 fully saturated rings. The Bertz CT molecular complexity index is 916. The molecule has 0 bridgehead atoms. The fraction of sp³-hybridized carbons (Fsp3) is 0.188. The summed E-state index contributed by atoms with van der Waals surface area (Å²) in [6.07, 6.45) is 0.0417. The summed E-state index contributed by atoms with van der Waals surface area (Å²) in [5.74, 6) is 1.18. The van der Waals surface area contributed by atoms with Gasteiger partial charge < -0.3 is 14.5 Å². The largest absolute Gasteiger partial charge is 0.493 e. The molecule has 3 aromatic rings. The van der Waals surface area contributed by atoms with Crippen LogP contribution in [0.4, 0.5) is 0 Å². The zero-order chi connectivity index (χ0) is 16.4. The topological polar surface area (TPSA) is 81.3 Å². The minimum Gasteiger partial charge on any atom is -0.493 e. The van der Waals surface area contributed by atoms with Crippen molar-refractivity contribution in [2.24, 2.45) is 0 Å². The van der Waals surface area contributed by atoms with Crippen LogP contribution in [0.3, 0.4) is 0 Å². The van der Waals surface area contributed by atoms with Crippen LogP contribution in [0, 0.1) is 0 Å². The molecule has 0 aliphatic carbocycles. The van der Waals surface area contributed by atoms with Crippen molar-refractivity contribution in [1.82, 2.24) is 9.97 Å². The Balaban J connectivity index is 2.03. The molecule has 118 valence electrons. The predicted octanol–water partition coefficient (Wildman–Crippen LogP) is 2.43. The van der Waals surface area contributed by atoms with Gasteiger partial charge in [0, 0.05) is 6.07 Å². The van der Waals surface area contributed by atoms with Gasteiger partial charge >= 0.3 is 0 Å². The Morgan fingerprint density at radius 1 is 1.26 bits per heavy atom. The van der Waals surface area contributed by atoms with Crippen LogP contribution in [0.5, 0.6) is 11.5 Å². The lowest BCUT2D eigenvalue weighted by molar-refractivity contribution is 0.0994. The van der Waals surface area contributed by atoms with E-state index in [0.717, 1.165) is 0 Å². The second kappa shape index (κ2) is 6.21. The Hall–Kier alpha value is -2.67. The Morgan fingerprint density at radius 2 is 2.00 bits per heavy atom. The highest BCUT2D eigenvalue weighted by Crippen LogP contribution is 2.29. The lowest BCUT2D eigenvalue weighted by Gasteiger charge is -2.09. The maximum Gasteiger partial charge on any atom is 0.258 e. The number of hydrogen-bond donors (Lipinski definition) is 1. The number of aromatic amines is 1. The van der Waals surface area contributed by atoms with Crippen LogP contribution >= 0.6 is 11.3 Å². The molecule has 23 heavy (non-hydrogen) atoms. The summed E-state index contributed by atoms with van der Waals surface area (Å²) in [4.78, 5) is 32.0. The summed E-state index contributed by atoms with van der Waals surface area (Å²) in [6.45, 7) is 0. The number of ether oxygens (including phenoxy) is 2. The van der Waals surface area contributed by atoms with Gasteiger partial charge in [0.25, 0.3) is 5.56 Å². The van der Waals surface area contributed by atoms with E-state index in [1.54, 1.807) is 18.2 Å². The number of nitrogens with zero attached hydrogens (tertiary/aromatic N) is 1. The van der Waals surface area contributed by atoms with E-state index in [-0.39, 0.29) is 17.8 Å². The smallest absolute Gasteiger partial charge is 0.258 e. The minimum atomic E-state index is -0.315. The summed E-state index contributed by atoms with van der Waals surface area (Å²) in [7, 11) is 3.01. The van der Waals surface area contributed by atoms with Crippen LogP contribution in [0.1, 0.15) is 15.5 Å². The van der Waals surface area contributed by atoms with Gasteiger partial charge in [-0.3, -0.25) is 9.59 Å². The first-order valence-electron chi connectivity index (χ1n) is 6.84. The third-order valence-corrected chi connectivity index (χ3v) is 4.29. The molecule has 2 heterocycles. The van der Waals surface area contributed by atoms with Crippen molar-refractivity contribution in [1.29, 1.82) is 0 Å². The van der Waals surface area contributed by atoms with Gasteiger partial charge in [0.15, 0.2) is 17.3 Å². The highest BCUT2D eigenvalue weighted by atomic mass is 32.1. The van der Waals surface area contributed by atoms with Crippen molar-refractivity contribution in [2.75, 3.05) is 14.2 Å². The molecule has 2 aromatic heterocycles. The van der Waals surface area contributed by atoms with Gasteiger partial charge in [-0.1, -0.05) is 6.07 Å². The molecule has 0 radical (unpaired) electrons. The molecule has 0 saturated carbocycles. The van der Waals surface area contributed by atoms with Crippen LogP contribution in [-0.4, -0.2) is 30.0 Å². The van der Waals surface area contributed by atoms with E-state index in [1.807, 2.05) is 11.4 Å². The number of carbonyl (C=O) groups is 1. The van der Waals surface area contributed by atoms with Crippen molar-refractivity contribution < 1.29 is 14.3 Å². The predicted molar refractivity (Wildman–Crippen MR) is 87.8 cm³/mol. The zero-order valence-corrected chi connectivity index (χ0v) is 13.4. The highest BCUT2D eigenvalue weighted by Gasteiger charge is 2.14. The number of hydrogen-bond acceptors (Lipinski definition) is 6. The van der Waals surface area contributed by atoms with E-state index in [2.05, 4.69) is 9.97 Å². The van der Waals surface area contributed by atoms with E-state index in [0.29, 0.717) is 33.1 Å². The second-order valence-electron chi connectivity index (χ2n) is 4.81. The Kier molecular flexibility index (Phi) is 4.12. The number of ketones is 1. The van der Waals surface area contributed by atoms with Crippen LogP contribution in [0.15, 0.2) is 34.4 Å². The number of Topliss-reactive ketones (excluding diaryl/α,β-unsaturated/α-hetero) is 1. The quantitative estimate of drug-likeness (QED) is 0.727. The standard InChI is InChI=1S/C16H14N2O4S/c1-21-12-6-9-10(7-13(12)22-2)17-15(18-16(9)20)8-11(19)14-4-3-5-23-14/h3-7H,8H2,1-2H3,(H,17,18,20). The summed E-state index contributed by atoms with van der Waals surface area (Å²) in [5, 5.41) is 2.22. The molecule has 0 atom stereocenters. The molecule has 0 amide bonds. The van der Waals surface area contributed by atoms with Crippen molar-refractivity contribution >= 4 is 28.0 Å². The molecule has 0 saturated heterocycles. The van der Waals surface area contributed by atoms with Gasteiger partial charge in [-0.15, -0.1) is 11.3 Å². The number of carbonyl (C=O) groups excluding carboxylic acids is 1. The summed E-state index contributed by atoms with van der Waals surface area (Å²) < 4.78 is 10.4. The molecule has 0 spiro atoms. The summed E-state index contributed by atoms with van der Waals surface area (Å²) in [6, 6.07) is 6.76. The van der Waals surface area contributed by atoms with Crippen LogP contribution in [0.2, 0.25) is 0 Å². The van der Waals surface area contributed by atoms with Crippen molar-refractivity contribution in [2.45, 2.75) is 6.42 Å². The lowest BCUT2D eigenvalue weighted by Crippen LogP contribution is -2.15. The molecule has 1 aromatic carbocycles.